The normalized spacial score (nSPS) is 24.4. The number of terminal acetylenes is 1. The zero-order valence-electron chi connectivity index (χ0n) is 6.13. The lowest BCUT2D eigenvalue weighted by molar-refractivity contribution is -0.128. The van der Waals surface area contributed by atoms with Crippen LogP contribution in [0.25, 0.3) is 0 Å². The Morgan fingerprint density at radius 3 is 2.90 bits per heavy atom. The molecule has 1 aliphatic heterocycles. The maximum atomic E-state index is 10.8. The molecule has 0 N–H and O–H groups in total. The fourth-order valence-electron chi connectivity index (χ4n) is 1.32. The van der Waals surface area contributed by atoms with Crippen LogP contribution < -0.4 is 0 Å². The molecule has 1 aliphatic rings. The lowest BCUT2D eigenvalue weighted by atomic mass is 10.2. The Kier molecular flexibility index (Phi) is 1.96. The van der Waals surface area contributed by atoms with Crippen molar-refractivity contribution in [3.05, 3.63) is 0 Å². The number of carbonyl (C=O) groups is 1. The van der Waals surface area contributed by atoms with E-state index in [9.17, 15) is 4.79 Å². The molecule has 0 aromatic carbocycles. The van der Waals surface area contributed by atoms with Gasteiger partial charge in [-0.25, -0.2) is 0 Å². The van der Waals surface area contributed by atoms with Crippen molar-refractivity contribution in [2.45, 2.75) is 25.8 Å². The zero-order valence-corrected chi connectivity index (χ0v) is 6.13. The fraction of sp³-hybridized carbons (Fsp3) is 0.625. The Bertz CT molecular complexity index is 180. The smallest absolute Gasteiger partial charge is 0.220 e. The lowest BCUT2D eigenvalue weighted by Gasteiger charge is -2.17. The number of likely N-dealkylation sites (tertiary alicyclic amines) is 1. The monoisotopic (exact) mass is 137 g/mol. The maximum Gasteiger partial charge on any atom is 0.220 e. The standard InChI is InChI=1S/C8H11NO/c1-3-8-5-4-6-9(8)7(2)10/h1,8H,4-6H2,2H3/t8-/m0/s1. The van der Waals surface area contributed by atoms with Gasteiger partial charge in [0.15, 0.2) is 0 Å². The molecule has 1 atom stereocenters. The molecule has 10 heavy (non-hydrogen) atoms. The van der Waals surface area contributed by atoms with E-state index in [1.54, 1.807) is 11.8 Å². The summed E-state index contributed by atoms with van der Waals surface area (Å²) in [5.74, 6) is 2.70. The van der Waals surface area contributed by atoms with E-state index in [1.807, 2.05) is 0 Å². The van der Waals surface area contributed by atoms with E-state index >= 15 is 0 Å². The molecule has 0 saturated carbocycles. The Morgan fingerprint density at radius 2 is 2.50 bits per heavy atom. The predicted molar refractivity (Wildman–Crippen MR) is 39.2 cm³/mol. The van der Waals surface area contributed by atoms with Crippen LogP contribution in [0.3, 0.4) is 0 Å². The lowest BCUT2D eigenvalue weighted by Crippen LogP contribution is -2.32. The molecule has 1 fully saturated rings. The number of hydrogen-bond acceptors (Lipinski definition) is 1. The van der Waals surface area contributed by atoms with Gasteiger partial charge in [-0.3, -0.25) is 4.79 Å². The minimum Gasteiger partial charge on any atom is -0.329 e. The van der Waals surface area contributed by atoms with Crippen LogP contribution in [-0.4, -0.2) is 23.4 Å². The van der Waals surface area contributed by atoms with Crippen LogP contribution in [-0.2, 0) is 4.79 Å². The average molecular weight is 137 g/mol. The highest BCUT2D eigenvalue weighted by Gasteiger charge is 2.23. The number of carbonyl (C=O) groups excluding carboxylic acids is 1. The van der Waals surface area contributed by atoms with Crippen LogP contribution in [0.4, 0.5) is 0 Å². The molecule has 0 spiro atoms. The summed E-state index contributed by atoms with van der Waals surface area (Å²) in [6.45, 7) is 2.40. The summed E-state index contributed by atoms with van der Waals surface area (Å²) < 4.78 is 0. The summed E-state index contributed by atoms with van der Waals surface area (Å²) in [5, 5.41) is 0. The van der Waals surface area contributed by atoms with E-state index in [-0.39, 0.29) is 11.9 Å². The largest absolute Gasteiger partial charge is 0.329 e. The predicted octanol–water partition coefficient (Wildman–Crippen LogP) is 0.631. The number of nitrogens with zero attached hydrogens (tertiary/aromatic N) is 1. The maximum absolute atomic E-state index is 10.8. The highest BCUT2D eigenvalue weighted by molar-refractivity contribution is 5.74. The third-order valence-electron chi connectivity index (χ3n) is 1.85. The number of hydrogen-bond donors (Lipinski definition) is 0. The van der Waals surface area contributed by atoms with Gasteiger partial charge in [-0.1, -0.05) is 5.92 Å². The Morgan fingerprint density at radius 1 is 1.80 bits per heavy atom. The molecule has 0 aromatic heterocycles. The van der Waals surface area contributed by atoms with Crippen molar-refractivity contribution >= 4 is 5.91 Å². The summed E-state index contributed by atoms with van der Waals surface area (Å²) in [6.07, 6.45) is 7.24. The van der Waals surface area contributed by atoms with Gasteiger partial charge in [0, 0.05) is 13.5 Å². The molecular weight excluding hydrogens is 126 g/mol. The van der Waals surface area contributed by atoms with Crippen LogP contribution in [0.1, 0.15) is 19.8 Å². The first kappa shape index (κ1) is 7.14. The highest BCUT2D eigenvalue weighted by atomic mass is 16.2. The van der Waals surface area contributed by atoms with E-state index in [1.165, 1.54) is 0 Å². The van der Waals surface area contributed by atoms with Crippen LogP contribution in [0.2, 0.25) is 0 Å². The van der Waals surface area contributed by atoms with Gasteiger partial charge >= 0.3 is 0 Å². The van der Waals surface area contributed by atoms with Crippen molar-refractivity contribution in [1.82, 2.24) is 4.90 Å². The summed E-state index contributed by atoms with van der Waals surface area (Å²) in [6, 6.07) is 0.0671. The second-order valence-corrected chi connectivity index (χ2v) is 2.54. The van der Waals surface area contributed by atoms with Crippen molar-refractivity contribution in [2.24, 2.45) is 0 Å². The Balaban J connectivity index is 2.61. The molecule has 0 aliphatic carbocycles. The zero-order chi connectivity index (χ0) is 7.56. The van der Waals surface area contributed by atoms with E-state index in [4.69, 9.17) is 6.42 Å². The second-order valence-electron chi connectivity index (χ2n) is 2.54. The topological polar surface area (TPSA) is 20.3 Å². The van der Waals surface area contributed by atoms with Crippen molar-refractivity contribution in [3.8, 4) is 12.3 Å². The Hall–Kier alpha value is -0.970. The molecule has 0 radical (unpaired) electrons. The summed E-state index contributed by atoms with van der Waals surface area (Å²) in [7, 11) is 0. The van der Waals surface area contributed by atoms with Crippen LogP contribution in [0.5, 0.6) is 0 Å². The van der Waals surface area contributed by atoms with E-state index < -0.39 is 0 Å². The molecule has 2 nitrogen and oxygen atoms in total. The molecule has 1 saturated heterocycles. The van der Waals surface area contributed by atoms with Gasteiger partial charge in [-0.15, -0.1) is 6.42 Å². The first-order valence-corrected chi connectivity index (χ1v) is 3.49. The second kappa shape index (κ2) is 2.74. The van der Waals surface area contributed by atoms with Crippen LogP contribution >= 0.6 is 0 Å². The van der Waals surface area contributed by atoms with Crippen molar-refractivity contribution in [3.63, 3.8) is 0 Å². The fourth-order valence-corrected chi connectivity index (χ4v) is 1.32. The van der Waals surface area contributed by atoms with Gasteiger partial charge in [-0.2, -0.15) is 0 Å². The molecule has 0 unspecified atom stereocenters. The van der Waals surface area contributed by atoms with Crippen LogP contribution in [0.15, 0.2) is 0 Å². The molecule has 0 bridgehead atoms. The molecular formula is C8H11NO. The van der Waals surface area contributed by atoms with Gasteiger partial charge < -0.3 is 4.90 Å². The van der Waals surface area contributed by atoms with Gasteiger partial charge in [0.05, 0.1) is 6.04 Å². The number of rotatable bonds is 0. The van der Waals surface area contributed by atoms with Crippen molar-refractivity contribution in [1.29, 1.82) is 0 Å². The molecule has 1 amide bonds. The van der Waals surface area contributed by atoms with Crippen molar-refractivity contribution < 1.29 is 4.79 Å². The number of amides is 1. The SMILES string of the molecule is C#C[C@H]1CCCN1C(C)=O. The van der Waals surface area contributed by atoms with Crippen LogP contribution in [0, 0.1) is 12.3 Å². The Labute approximate surface area is 61.2 Å². The van der Waals surface area contributed by atoms with Gasteiger partial charge in [0.1, 0.15) is 0 Å². The third kappa shape index (κ3) is 1.13. The molecule has 2 heteroatoms. The molecule has 0 aromatic rings. The average Bonchev–Trinajstić information content (AvgIpc) is 2.33. The van der Waals surface area contributed by atoms with Gasteiger partial charge in [0.2, 0.25) is 5.91 Å². The molecule has 1 rings (SSSR count). The molecule has 54 valence electrons. The molecule has 1 heterocycles. The van der Waals surface area contributed by atoms with Gasteiger partial charge in [0.25, 0.3) is 0 Å². The minimum absolute atomic E-state index is 0.0671. The quantitative estimate of drug-likeness (QED) is 0.448. The summed E-state index contributed by atoms with van der Waals surface area (Å²) in [4.78, 5) is 12.6. The van der Waals surface area contributed by atoms with E-state index in [2.05, 4.69) is 5.92 Å². The third-order valence-corrected chi connectivity index (χ3v) is 1.85. The van der Waals surface area contributed by atoms with E-state index in [0.717, 1.165) is 19.4 Å². The van der Waals surface area contributed by atoms with Gasteiger partial charge in [-0.05, 0) is 12.8 Å². The summed E-state index contributed by atoms with van der Waals surface area (Å²) >= 11 is 0. The first-order chi connectivity index (χ1) is 4.75. The highest BCUT2D eigenvalue weighted by Crippen LogP contribution is 2.15. The van der Waals surface area contributed by atoms with E-state index in [0.29, 0.717) is 0 Å². The van der Waals surface area contributed by atoms with Crippen molar-refractivity contribution in [2.75, 3.05) is 6.54 Å². The first-order valence-electron chi connectivity index (χ1n) is 3.49. The summed E-state index contributed by atoms with van der Waals surface area (Å²) in [5.41, 5.74) is 0. The minimum atomic E-state index is 0.0671.